The van der Waals surface area contributed by atoms with E-state index in [2.05, 4.69) is 31.2 Å². The third kappa shape index (κ3) is 5.35. The van der Waals surface area contributed by atoms with E-state index in [1.807, 2.05) is 17.7 Å². The number of aromatic nitrogens is 2. The normalized spacial score (nSPS) is 13.9. The fraction of sp³-hybridized carbons (Fsp3) is 0.500. The highest BCUT2D eigenvalue weighted by Gasteiger charge is 2.33. The lowest BCUT2D eigenvalue weighted by atomic mass is 10.1. The summed E-state index contributed by atoms with van der Waals surface area (Å²) in [6.07, 6.45) is 2.97. The molecule has 3 rings (SSSR count). The minimum Gasteiger partial charge on any atom is -0.328 e. The highest BCUT2D eigenvalue weighted by Crippen LogP contribution is 2.41. The molecule has 1 aliphatic rings. The predicted octanol–water partition coefficient (Wildman–Crippen LogP) is 5.31. The molecule has 162 valence electrons. The number of nitrogens with zero attached hydrogens (tertiary/aromatic N) is 3. The van der Waals surface area contributed by atoms with Crippen LogP contribution in [0, 0.1) is 0 Å². The summed E-state index contributed by atoms with van der Waals surface area (Å²) >= 11 is 12.1. The van der Waals surface area contributed by atoms with E-state index in [0.717, 1.165) is 25.0 Å². The van der Waals surface area contributed by atoms with Crippen LogP contribution >= 0.6 is 23.2 Å². The third-order valence-electron chi connectivity index (χ3n) is 4.90. The molecule has 0 bridgehead atoms. The van der Waals surface area contributed by atoms with Gasteiger partial charge in [0, 0.05) is 23.2 Å². The molecule has 0 spiro atoms. The first-order chi connectivity index (χ1) is 14.1. The summed E-state index contributed by atoms with van der Waals surface area (Å²) in [6, 6.07) is 6.74. The Balaban J connectivity index is 1.78. The SMILES string of the molecule is CCCN(CC(=O)Nc1cc(Cl)ccc1Cl)C(=O)c1cc(C2CC2)n(C(C)(C)C)n1. The molecule has 30 heavy (non-hydrogen) atoms. The Kier molecular flexibility index (Phi) is 6.78. The molecule has 0 atom stereocenters. The van der Waals surface area contributed by atoms with Crippen LogP contribution in [0.5, 0.6) is 0 Å². The first-order valence-electron chi connectivity index (χ1n) is 10.2. The van der Waals surface area contributed by atoms with E-state index in [0.29, 0.717) is 33.9 Å². The quantitative estimate of drug-likeness (QED) is 0.620. The fourth-order valence-corrected chi connectivity index (χ4v) is 3.68. The predicted molar refractivity (Wildman–Crippen MR) is 120 cm³/mol. The molecular weight excluding hydrogens is 423 g/mol. The van der Waals surface area contributed by atoms with Crippen molar-refractivity contribution in [3.63, 3.8) is 0 Å². The second-order valence-electron chi connectivity index (χ2n) is 8.71. The molecule has 1 saturated carbocycles. The number of amides is 2. The van der Waals surface area contributed by atoms with Gasteiger partial charge in [-0.25, -0.2) is 0 Å². The highest BCUT2D eigenvalue weighted by atomic mass is 35.5. The summed E-state index contributed by atoms with van der Waals surface area (Å²) in [4.78, 5) is 27.3. The van der Waals surface area contributed by atoms with E-state index in [1.165, 1.54) is 4.90 Å². The number of hydrogen-bond donors (Lipinski definition) is 1. The molecule has 0 unspecified atom stereocenters. The molecular formula is C22H28Cl2N4O2. The average Bonchev–Trinajstić information content (AvgIpc) is 3.40. The van der Waals surface area contributed by atoms with Crippen LogP contribution in [0.4, 0.5) is 5.69 Å². The molecule has 1 aromatic heterocycles. The van der Waals surface area contributed by atoms with Crippen LogP contribution in [0.2, 0.25) is 10.0 Å². The van der Waals surface area contributed by atoms with Crippen LogP contribution in [-0.2, 0) is 10.3 Å². The lowest BCUT2D eigenvalue weighted by molar-refractivity contribution is -0.116. The largest absolute Gasteiger partial charge is 0.328 e. The van der Waals surface area contributed by atoms with Gasteiger partial charge in [0.2, 0.25) is 5.91 Å². The molecule has 1 fully saturated rings. The summed E-state index contributed by atoms with van der Waals surface area (Å²) in [5, 5.41) is 8.22. The molecule has 2 aromatic rings. The third-order valence-corrected chi connectivity index (χ3v) is 5.47. The molecule has 1 N–H and O–H groups in total. The van der Waals surface area contributed by atoms with Gasteiger partial charge in [0.25, 0.3) is 5.91 Å². The van der Waals surface area contributed by atoms with Crippen molar-refractivity contribution in [2.24, 2.45) is 0 Å². The van der Waals surface area contributed by atoms with E-state index in [-0.39, 0.29) is 23.9 Å². The lowest BCUT2D eigenvalue weighted by Gasteiger charge is -2.23. The zero-order chi connectivity index (χ0) is 22.1. The maximum atomic E-state index is 13.2. The second-order valence-corrected chi connectivity index (χ2v) is 9.55. The Labute approximate surface area is 187 Å². The van der Waals surface area contributed by atoms with Gasteiger partial charge in [-0.15, -0.1) is 0 Å². The van der Waals surface area contributed by atoms with Gasteiger partial charge >= 0.3 is 0 Å². The number of anilines is 1. The zero-order valence-corrected chi connectivity index (χ0v) is 19.3. The molecule has 6 nitrogen and oxygen atoms in total. The van der Waals surface area contributed by atoms with Crippen molar-refractivity contribution in [2.45, 2.75) is 58.4 Å². The van der Waals surface area contributed by atoms with Crippen molar-refractivity contribution in [3.8, 4) is 0 Å². The summed E-state index contributed by atoms with van der Waals surface area (Å²) in [5.74, 6) is -0.112. The minimum atomic E-state index is -0.335. The van der Waals surface area contributed by atoms with Gasteiger partial charge in [0.15, 0.2) is 5.69 Å². The van der Waals surface area contributed by atoms with E-state index in [9.17, 15) is 9.59 Å². The van der Waals surface area contributed by atoms with Crippen LogP contribution in [-0.4, -0.2) is 39.6 Å². The minimum absolute atomic E-state index is 0.0867. The summed E-state index contributed by atoms with van der Waals surface area (Å²) in [5.41, 5.74) is 1.68. The summed E-state index contributed by atoms with van der Waals surface area (Å²) in [7, 11) is 0. The molecule has 8 heteroatoms. The van der Waals surface area contributed by atoms with E-state index in [1.54, 1.807) is 18.2 Å². The van der Waals surface area contributed by atoms with Crippen molar-refractivity contribution in [2.75, 3.05) is 18.4 Å². The van der Waals surface area contributed by atoms with Crippen molar-refractivity contribution < 1.29 is 9.59 Å². The molecule has 1 aliphatic carbocycles. The van der Waals surface area contributed by atoms with Gasteiger partial charge in [0.1, 0.15) is 6.54 Å². The van der Waals surface area contributed by atoms with Crippen molar-refractivity contribution in [3.05, 3.63) is 45.7 Å². The molecule has 2 amide bonds. The highest BCUT2D eigenvalue weighted by molar-refractivity contribution is 6.35. The monoisotopic (exact) mass is 450 g/mol. The smallest absolute Gasteiger partial charge is 0.274 e. The maximum Gasteiger partial charge on any atom is 0.274 e. The Morgan fingerprint density at radius 2 is 1.93 bits per heavy atom. The van der Waals surface area contributed by atoms with E-state index < -0.39 is 0 Å². The fourth-order valence-electron chi connectivity index (χ4n) is 3.35. The number of halogens is 2. The maximum absolute atomic E-state index is 13.2. The number of nitrogens with one attached hydrogen (secondary N) is 1. The number of carbonyl (C=O) groups is 2. The standard InChI is InChI=1S/C22H28Cl2N4O2/c1-5-10-27(13-20(29)25-17-11-15(23)8-9-16(17)24)21(30)18-12-19(14-6-7-14)28(26-18)22(2,3)4/h8-9,11-12,14H,5-7,10,13H2,1-4H3,(H,25,29). The number of rotatable bonds is 7. The second kappa shape index (κ2) is 8.98. The Morgan fingerprint density at radius 3 is 2.53 bits per heavy atom. The van der Waals surface area contributed by atoms with Crippen molar-refractivity contribution in [1.29, 1.82) is 0 Å². The number of hydrogen-bond acceptors (Lipinski definition) is 3. The average molecular weight is 451 g/mol. The van der Waals surface area contributed by atoms with Crippen molar-refractivity contribution >= 4 is 40.7 Å². The van der Waals surface area contributed by atoms with Crippen LogP contribution in [0.15, 0.2) is 24.3 Å². The topological polar surface area (TPSA) is 67.2 Å². The van der Waals surface area contributed by atoms with Gasteiger partial charge < -0.3 is 10.2 Å². The Morgan fingerprint density at radius 1 is 1.23 bits per heavy atom. The number of carbonyl (C=O) groups excluding carboxylic acids is 2. The van der Waals surface area contributed by atoms with Crippen molar-refractivity contribution in [1.82, 2.24) is 14.7 Å². The molecule has 1 heterocycles. The summed E-state index contributed by atoms with van der Waals surface area (Å²) in [6.45, 7) is 8.56. The molecule has 0 radical (unpaired) electrons. The molecule has 1 aromatic carbocycles. The van der Waals surface area contributed by atoms with Crippen LogP contribution in [0.3, 0.4) is 0 Å². The van der Waals surface area contributed by atoms with Crippen LogP contribution < -0.4 is 5.32 Å². The van der Waals surface area contributed by atoms with Gasteiger partial charge in [-0.3, -0.25) is 14.3 Å². The first kappa shape index (κ1) is 22.6. The van der Waals surface area contributed by atoms with Gasteiger partial charge in [-0.1, -0.05) is 30.1 Å². The number of benzene rings is 1. The van der Waals surface area contributed by atoms with E-state index in [4.69, 9.17) is 23.2 Å². The molecule has 0 aliphatic heterocycles. The zero-order valence-electron chi connectivity index (χ0n) is 17.8. The van der Waals surface area contributed by atoms with Gasteiger partial charge in [-0.05, 0) is 64.3 Å². The van der Waals surface area contributed by atoms with E-state index >= 15 is 0 Å². The lowest BCUT2D eigenvalue weighted by Crippen LogP contribution is -2.39. The van der Waals surface area contributed by atoms with Crippen LogP contribution in [0.25, 0.3) is 0 Å². The van der Waals surface area contributed by atoms with Crippen LogP contribution in [0.1, 0.15) is 69.1 Å². The van der Waals surface area contributed by atoms with Gasteiger partial charge in [0.05, 0.1) is 16.2 Å². The summed E-state index contributed by atoms with van der Waals surface area (Å²) < 4.78 is 1.95. The molecule has 0 saturated heterocycles. The Hall–Kier alpha value is -2.05. The Bertz CT molecular complexity index is 945. The first-order valence-corrected chi connectivity index (χ1v) is 11.0. The van der Waals surface area contributed by atoms with Gasteiger partial charge in [-0.2, -0.15) is 5.10 Å².